The highest BCUT2D eigenvalue weighted by Crippen LogP contribution is 2.37. The second-order valence-corrected chi connectivity index (χ2v) is 5.38. The number of amidine groups is 1. The average Bonchev–Trinajstić information content (AvgIpc) is 2.17. The molecule has 1 aromatic carbocycles. The summed E-state index contributed by atoms with van der Waals surface area (Å²) in [5.41, 5.74) is -0.454. The number of fused-ring (bicyclic) bond motifs is 1. The summed E-state index contributed by atoms with van der Waals surface area (Å²) in [5, 5.41) is 12.5. The van der Waals surface area contributed by atoms with Gasteiger partial charge in [-0.3, -0.25) is 10.1 Å². The molecule has 1 aliphatic heterocycles. The van der Waals surface area contributed by atoms with E-state index >= 15 is 0 Å². The summed E-state index contributed by atoms with van der Waals surface area (Å²) >= 11 is 11.2. The van der Waals surface area contributed by atoms with E-state index in [0.29, 0.717) is 0 Å². The van der Waals surface area contributed by atoms with E-state index in [0.717, 1.165) is 12.1 Å². The molecule has 0 saturated carbocycles. The Balaban J connectivity index is 2.77. The first-order valence-corrected chi connectivity index (χ1v) is 6.26. The molecule has 0 fully saturated rings. The summed E-state index contributed by atoms with van der Waals surface area (Å²) in [6, 6.07) is 1.90. The third-order valence-corrected chi connectivity index (χ3v) is 3.83. The first-order chi connectivity index (χ1) is 7.81. The lowest BCUT2D eigenvalue weighted by Crippen LogP contribution is -2.17. The normalized spacial score (nSPS) is 16.7. The Morgan fingerprint density at radius 1 is 1.35 bits per heavy atom. The molecule has 2 rings (SSSR count). The molecule has 1 N–H and O–H groups in total. The fourth-order valence-corrected chi connectivity index (χ4v) is 3.01. The molecule has 90 valence electrons. The molecule has 0 bridgehead atoms. The number of hydrogen-bond donors (Lipinski definition) is 1. The fraction of sp³-hybridized carbons (Fsp3) is 0. The third-order valence-electron chi connectivity index (χ3n) is 1.96. The van der Waals surface area contributed by atoms with Crippen LogP contribution in [0.4, 0.5) is 11.4 Å². The largest absolute Gasteiger partial charge is 0.327 e. The van der Waals surface area contributed by atoms with Gasteiger partial charge in [0.2, 0.25) is 5.29 Å². The monoisotopic (exact) mass is 295 g/mol. The van der Waals surface area contributed by atoms with Crippen molar-refractivity contribution in [1.82, 2.24) is 0 Å². The van der Waals surface area contributed by atoms with E-state index in [9.17, 15) is 18.5 Å². The van der Waals surface area contributed by atoms with E-state index in [2.05, 4.69) is 9.71 Å². The SMILES string of the molecule is O=[N+]([O-])c1cc(Cl)c2c(c1)S(=O)(=O)N=C(Cl)N2. The molecule has 7 nitrogen and oxygen atoms in total. The van der Waals surface area contributed by atoms with E-state index in [1.807, 2.05) is 0 Å². The molecule has 1 aliphatic rings. The molecule has 10 heteroatoms. The van der Waals surface area contributed by atoms with Crippen molar-refractivity contribution in [1.29, 1.82) is 0 Å². The number of halogens is 2. The van der Waals surface area contributed by atoms with E-state index in [1.165, 1.54) is 0 Å². The minimum Gasteiger partial charge on any atom is -0.327 e. The van der Waals surface area contributed by atoms with Crippen LogP contribution < -0.4 is 5.32 Å². The van der Waals surface area contributed by atoms with Gasteiger partial charge < -0.3 is 5.32 Å². The van der Waals surface area contributed by atoms with E-state index in [1.54, 1.807) is 0 Å². The summed E-state index contributed by atoms with van der Waals surface area (Å²) in [6.45, 7) is 0. The van der Waals surface area contributed by atoms with Crippen molar-refractivity contribution in [2.45, 2.75) is 4.90 Å². The predicted molar refractivity (Wildman–Crippen MR) is 62.2 cm³/mol. The van der Waals surface area contributed by atoms with Crippen LogP contribution in [0.5, 0.6) is 0 Å². The van der Waals surface area contributed by atoms with E-state index in [4.69, 9.17) is 23.2 Å². The first-order valence-electron chi connectivity index (χ1n) is 4.07. The van der Waals surface area contributed by atoms with Crippen LogP contribution in [0.1, 0.15) is 0 Å². The van der Waals surface area contributed by atoms with Gasteiger partial charge in [0.15, 0.2) is 0 Å². The number of hydrogen-bond acceptors (Lipinski definition) is 5. The van der Waals surface area contributed by atoms with Crippen molar-refractivity contribution < 1.29 is 13.3 Å². The van der Waals surface area contributed by atoms with Gasteiger partial charge >= 0.3 is 0 Å². The van der Waals surface area contributed by atoms with Gasteiger partial charge in [-0.15, -0.1) is 4.40 Å². The molecule has 0 saturated heterocycles. The van der Waals surface area contributed by atoms with Gasteiger partial charge in [0.25, 0.3) is 15.7 Å². The molecule has 0 amide bonds. The number of nitrogens with one attached hydrogen (secondary N) is 1. The van der Waals surface area contributed by atoms with Crippen LogP contribution in [-0.4, -0.2) is 18.6 Å². The Labute approximate surface area is 105 Å². The zero-order valence-electron chi connectivity index (χ0n) is 7.85. The molecular formula is C7H3Cl2N3O4S. The van der Waals surface area contributed by atoms with Gasteiger partial charge in [0.05, 0.1) is 15.6 Å². The number of benzene rings is 1. The molecule has 0 spiro atoms. The third kappa shape index (κ3) is 2.06. The van der Waals surface area contributed by atoms with Crippen molar-refractivity contribution >= 4 is 49.9 Å². The number of anilines is 1. The zero-order chi connectivity index (χ0) is 12.8. The van der Waals surface area contributed by atoms with E-state index in [-0.39, 0.29) is 20.9 Å². The van der Waals surface area contributed by atoms with Crippen LogP contribution in [0, 0.1) is 10.1 Å². The number of nitro groups is 1. The minimum absolute atomic E-state index is 0.0164. The van der Waals surface area contributed by atoms with E-state index < -0.39 is 20.6 Å². The van der Waals surface area contributed by atoms with Crippen molar-refractivity contribution in [3.63, 3.8) is 0 Å². The smallest absolute Gasteiger partial charge is 0.287 e. The predicted octanol–water partition coefficient (Wildman–Crippen LogP) is 1.96. The molecule has 0 radical (unpaired) electrons. The lowest BCUT2D eigenvalue weighted by molar-refractivity contribution is -0.385. The second kappa shape index (κ2) is 3.83. The molecule has 0 aliphatic carbocycles. The summed E-state index contributed by atoms with van der Waals surface area (Å²) in [7, 11) is -4.07. The maximum Gasteiger partial charge on any atom is 0.287 e. The molecule has 1 heterocycles. The van der Waals surface area contributed by atoms with Gasteiger partial charge in [0, 0.05) is 12.1 Å². The molecule has 1 aromatic rings. The summed E-state index contributed by atoms with van der Waals surface area (Å²) in [5.74, 6) is 0. The zero-order valence-corrected chi connectivity index (χ0v) is 10.2. The number of rotatable bonds is 1. The summed E-state index contributed by atoms with van der Waals surface area (Å²) in [6.07, 6.45) is 0. The number of nitrogens with zero attached hydrogens (tertiary/aromatic N) is 2. The van der Waals surface area contributed by atoms with Crippen molar-refractivity contribution in [2.24, 2.45) is 4.40 Å². The maximum atomic E-state index is 11.6. The van der Waals surface area contributed by atoms with Crippen molar-refractivity contribution in [2.75, 3.05) is 5.32 Å². The Bertz CT molecular complexity index is 655. The number of sulfonamides is 1. The molecule has 0 aromatic heterocycles. The number of non-ortho nitro benzene ring substituents is 1. The van der Waals surface area contributed by atoms with Crippen LogP contribution in [-0.2, 0) is 10.0 Å². The molecule has 0 atom stereocenters. The van der Waals surface area contributed by atoms with Crippen molar-refractivity contribution in [3.8, 4) is 0 Å². The standard InChI is InChI=1S/C7H3Cl2N3O4S/c8-4-1-3(12(13)14)2-5-6(4)10-7(9)11-17(5,15)16/h1-2H,(H,10,11). The quantitative estimate of drug-likeness (QED) is 0.485. The first kappa shape index (κ1) is 12.1. The highest BCUT2D eigenvalue weighted by Gasteiger charge is 2.29. The lowest BCUT2D eigenvalue weighted by atomic mass is 10.3. The van der Waals surface area contributed by atoms with Crippen LogP contribution in [0.15, 0.2) is 21.4 Å². The van der Waals surface area contributed by atoms with Crippen LogP contribution in [0.3, 0.4) is 0 Å². The highest BCUT2D eigenvalue weighted by atomic mass is 35.5. The maximum absolute atomic E-state index is 11.6. The number of nitro benzene ring substituents is 1. The Morgan fingerprint density at radius 3 is 2.59 bits per heavy atom. The van der Waals surface area contributed by atoms with Crippen LogP contribution in [0.25, 0.3) is 0 Å². The topological polar surface area (TPSA) is 102 Å². The molecule has 17 heavy (non-hydrogen) atoms. The lowest BCUT2D eigenvalue weighted by Gasteiger charge is -2.15. The van der Waals surface area contributed by atoms with Gasteiger partial charge in [-0.2, -0.15) is 8.42 Å². The van der Waals surface area contributed by atoms with Gasteiger partial charge in [0.1, 0.15) is 4.90 Å². The Hall–Kier alpha value is -1.38. The second-order valence-electron chi connectivity index (χ2n) is 3.04. The van der Waals surface area contributed by atoms with Gasteiger partial charge in [-0.25, -0.2) is 0 Å². The Kier molecular flexibility index (Phi) is 2.72. The Morgan fingerprint density at radius 2 is 2.00 bits per heavy atom. The van der Waals surface area contributed by atoms with Gasteiger partial charge in [-0.1, -0.05) is 11.6 Å². The highest BCUT2D eigenvalue weighted by molar-refractivity contribution is 7.90. The average molecular weight is 296 g/mol. The fourth-order valence-electron chi connectivity index (χ4n) is 1.28. The minimum atomic E-state index is -4.07. The van der Waals surface area contributed by atoms with Crippen LogP contribution in [0.2, 0.25) is 5.02 Å². The van der Waals surface area contributed by atoms with Crippen LogP contribution >= 0.6 is 23.2 Å². The molecule has 0 unspecified atom stereocenters. The molecular weight excluding hydrogens is 293 g/mol. The van der Waals surface area contributed by atoms with Gasteiger partial charge in [-0.05, 0) is 11.6 Å². The summed E-state index contributed by atoms with van der Waals surface area (Å²) < 4.78 is 26.4. The summed E-state index contributed by atoms with van der Waals surface area (Å²) in [4.78, 5) is 9.46. The van der Waals surface area contributed by atoms with Crippen molar-refractivity contribution in [3.05, 3.63) is 27.3 Å².